The predicted molar refractivity (Wildman–Crippen MR) is 62.1 cm³/mol. The molecule has 1 aromatic heterocycles. The fourth-order valence-electron chi connectivity index (χ4n) is 1.50. The van der Waals surface area contributed by atoms with Crippen LogP contribution < -0.4 is 4.66 Å². The van der Waals surface area contributed by atoms with Crippen molar-refractivity contribution in [1.82, 2.24) is 15.0 Å². The number of para-hydroxylation sites is 1. The zero-order valence-electron chi connectivity index (χ0n) is 10.6. The van der Waals surface area contributed by atoms with Gasteiger partial charge in [0.2, 0.25) is 0 Å². The van der Waals surface area contributed by atoms with Crippen LogP contribution in [0.25, 0.3) is 5.69 Å². The molecule has 0 spiro atoms. The molecule has 7 nitrogen and oxygen atoms in total. The maximum absolute atomic E-state index is 8.83. The summed E-state index contributed by atoms with van der Waals surface area (Å²) in [6, 6.07) is 10.1. The van der Waals surface area contributed by atoms with Crippen molar-refractivity contribution in [2.45, 2.75) is 20.3 Å². The van der Waals surface area contributed by atoms with Crippen LogP contribution in [-0.2, 0) is 6.42 Å². The molecule has 0 saturated carbocycles. The van der Waals surface area contributed by atoms with Crippen LogP contribution in [-0.4, -0.2) is 29.0 Å². The van der Waals surface area contributed by atoms with Gasteiger partial charge < -0.3 is 0 Å². The van der Waals surface area contributed by atoms with Gasteiger partial charge in [-0.05, 0) is 25.5 Å². The van der Waals surface area contributed by atoms with E-state index >= 15 is 0 Å². The number of aromatic nitrogens is 3. The van der Waals surface area contributed by atoms with Crippen molar-refractivity contribution in [3.05, 3.63) is 41.7 Å². The second kappa shape index (κ2) is 6.60. The summed E-state index contributed by atoms with van der Waals surface area (Å²) in [7, 11) is -4.19. The van der Waals surface area contributed by atoms with Crippen LogP contribution in [0.3, 0.4) is 0 Å². The molecule has 2 aromatic rings. The van der Waals surface area contributed by atoms with Gasteiger partial charge in [-0.25, -0.2) is 4.68 Å². The first-order valence-corrected chi connectivity index (χ1v) is 6.78. The molecule has 8 heteroatoms. The second-order valence-corrected chi connectivity index (χ2v) is 4.52. The molecular weight excluding hydrogens is 274 g/mol. The Morgan fingerprint density at radius 3 is 2.16 bits per heavy atom. The van der Waals surface area contributed by atoms with Crippen molar-refractivity contribution in [2.24, 2.45) is 0 Å². The van der Waals surface area contributed by atoms with Crippen LogP contribution in [0.5, 0.6) is 0 Å². The Bertz CT molecular complexity index is 504. The van der Waals surface area contributed by atoms with E-state index in [4.69, 9.17) is 18.6 Å². The van der Waals surface area contributed by atoms with Gasteiger partial charge in [0.1, 0.15) is 0 Å². The number of rotatable bonds is 2. The van der Waals surface area contributed by atoms with Crippen LogP contribution in [0.1, 0.15) is 18.3 Å². The molecule has 0 aliphatic heterocycles. The number of benzene rings is 1. The van der Waals surface area contributed by atoms with Gasteiger partial charge >= 0.3 is 28.9 Å². The Kier molecular flexibility index (Phi) is 5.40. The van der Waals surface area contributed by atoms with E-state index < -0.39 is 10.2 Å². The van der Waals surface area contributed by atoms with Gasteiger partial charge in [0.25, 0.3) is 0 Å². The average molecular weight is 290 g/mol. The number of hydrogen-bond acceptors (Lipinski definition) is 6. The quantitative estimate of drug-likeness (QED) is 0.672. The van der Waals surface area contributed by atoms with Gasteiger partial charge in [0.05, 0.1) is 17.1 Å². The van der Waals surface area contributed by atoms with Crippen molar-refractivity contribution in [1.29, 1.82) is 0 Å². The van der Waals surface area contributed by atoms with Crippen molar-refractivity contribution >= 4 is 0 Å². The average Bonchev–Trinajstić information content (AvgIpc) is 2.69. The van der Waals surface area contributed by atoms with E-state index in [-0.39, 0.29) is 0 Å². The standard InChI is InChI=1S/C11H13N3.ClH3O4/c1-3-11-9(2)14(13-12-11)10-7-5-4-6-8-10;2-1(3,4)5/h4-8H,3H2,1-2H3;2-4H. The van der Waals surface area contributed by atoms with Crippen LogP contribution >= 0.6 is 0 Å². The summed E-state index contributed by atoms with van der Waals surface area (Å²) in [4.78, 5) is 0. The Morgan fingerprint density at radius 2 is 1.74 bits per heavy atom. The third kappa shape index (κ3) is 5.33. The molecule has 2 rings (SSSR count). The fourth-order valence-corrected chi connectivity index (χ4v) is 1.50. The number of hydrogen-bond donors (Lipinski definition) is 3. The second-order valence-electron chi connectivity index (χ2n) is 3.66. The topological polar surface area (TPSA) is 114 Å². The molecule has 0 unspecified atom stereocenters. The maximum atomic E-state index is 8.83. The van der Waals surface area contributed by atoms with Crippen LogP contribution in [0, 0.1) is 17.2 Å². The molecule has 106 valence electrons. The molecule has 19 heavy (non-hydrogen) atoms. The Hall–Kier alpha value is -1.51. The Labute approximate surface area is 112 Å². The first-order valence-electron chi connectivity index (χ1n) is 5.45. The fraction of sp³-hybridized carbons (Fsp3) is 0.273. The minimum absolute atomic E-state index is 0.929. The van der Waals surface area contributed by atoms with E-state index in [2.05, 4.69) is 17.2 Å². The molecule has 0 amide bonds. The SMILES string of the molecule is CCc1nnn(-c2ccccc2)c1C.[O-][Cl+](O)(O)O. The summed E-state index contributed by atoms with van der Waals surface area (Å²) < 4.78 is 32.1. The van der Waals surface area contributed by atoms with Gasteiger partial charge in [-0.15, -0.1) is 5.10 Å². The number of nitrogens with zero attached hydrogens (tertiary/aromatic N) is 3. The first kappa shape index (κ1) is 15.5. The number of aryl methyl sites for hydroxylation is 1. The van der Waals surface area contributed by atoms with Gasteiger partial charge in [-0.3, -0.25) is 0 Å². The third-order valence-electron chi connectivity index (χ3n) is 2.33. The molecule has 0 aliphatic rings. The van der Waals surface area contributed by atoms with Crippen LogP contribution in [0.15, 0.2) is 30.3 Å². The van der Waals surface area contributed by atoms with Gasteiger partial charge in [-0.2, -0.15) is 0 Å². The Balaban J connectivity index is 0.000000312. The third-order valence-corrected chi connectivity index (χ3v) is 2.33. The predicted octanol–water partition coefficient (Wildman–Crippen LogP) is -0.722. The first-order chi connectivity index (χ1) is 8.83. The normalized spacial score (nSPS) is 11.7. The van der Waals surface area contributed by atoms with Crippen LogP contribution in [0.4, 0.5) is 0 Å². The van der Waals surface area contributed by atoms with Crippen molar-refractivity contribution in [3.8, 4) is 5.69 Å². The molecule has 0 saturated heterocycles. The van der Waals surface area contributed by atoms with Crippen LogP contribution in [0.2, 0.25) is 0 Å². The van der Waals surface area contributed by atoms with Gasteiger partial charge in [-0.1, -0.05) is 30.3 Å². The molecule has 0 radical (unpaired) electrons. The van der Waals surface area contributed by atoms with Crippen molar-refractivity contribution in [2.75, 3.05) is 0 Å². The summed E-state index contributed by atoms with van der Waals surface area (Å²) in [5, 5.41) is 8.25. The molecule has 0 aliphatic carbocycles. The molecule has 0 atom stereocenters. The number of halogens is 1. The van der Waals surface area contributed by atoms with E-state index in [0.717, 1.165) is 23.5 Å². The molecule has 3 N–H and O–H groups in total. The van der Waals surface area contributed by atoms with E-state index in [1.54, 1.807) is 0 Å². The summed E-state index contributed by atoms with van der Waals surface area (Å²) in [5.41, 5.74) is 3.25. The molecule has 1 aromatic carbocycles. The van der Waals surface area contributed by atoms with Gasteiger partial charge in [0.15, 0.2) is 0 Å². The van der Waals surface area contributed by atoms with E-state index in [9.17, 15) is 0 Å². The Morgan fingerprint density at radius 1 is 1.21 bits per heavy atom. The minimum atomic E-state index is -4.19. The van der Waals surface area contributed by atoms with Crippen molar-refractivity contribution in [3.63, 3.8) is 0 Å². The van der Waals surface area contributed by atoms with Gasteiger partial charge in [0, 0.05) is 0 Å². The van der Waals surface area contributed by atoms with E-state index in [1.165, 1.54) is 0 Å². The zero-order chi connectivity index (χ0) is 14.5. The molecule has 1 heterocycles. The van der Waals surface area contributed by atoms with Crippen molar-refractivity contribution < 1.29 is 28.9 Å². The van der Waals surface area contributed by atoms with E-state index in [1.807, 2.05) is 41.9 Å². The molecule has 0 bridgehead atoms. The molecule has 0 fully saturated rings. The summed E-state index contributed by atoms with van der Waals surface area (Å²) in [6.07, 6.45) is 0.929. The summed E-state index contributed by atoms with van der Waals surface area (Å²) >= 11 is 0. The molecular formula is C11H16ClN3O4. The zero-order valence-corrected chi connectivity index (χ0v) is 11.3. The monoisotopic (exact) mass is 289 g/mol. The van der Waals surface area contributed by atoms with E-state index in [0.29, 0.717) is 0 Å². The summed E-state index contributed by atoms with van der Waals surface area (Å²) in [5.74, 6) is 0. The summed E-state index contributed by atoms with van der Waals surface area (Å²) in [6.45, 7) is 4.14.